The van der Waals surface area contributed by atoms with Crippen LogP contribution in [0.15, 0.2) is 29.2 Å². The molecule has 2 fully saturated rings. The van der Waals surface area contributed by atoms with Crippen LogP contribution in [0.3, 0.4) is 0 Å². The summed E-state index contributed by atoms with van der Waals surface area (Å²) in [6.45, 7) is 1.69. The highest BCUT2D eigenvalue weighted by molar-refractivity contribution is 8.00. The Labute approximate surface area is 154 Å². The van der Waals surface area contributed by atoms with Crippen molar-refractivity contribution < 1.29 is 13.2 Å². The van der Waals surface area contributed by atoms with Crippen LogP contribution in [0.25, 0.3) is 0 Å². The highest BCUT2D eigenvalue weighted by atomic mass is 32.2. The van der Waals surface area contributed by atoms with Crippen LogP contribution in [0.5, 0.6) is 0 Å². The van der Waals surface area contributed by atoms with Gasteiger partial charge in [-0.15, -0.1) is 0 Å². The van der Waals surface area contributed by atoms with Crippen LogP contribution < -0.4 is 16.0 Å². The molecule has 0 saturated carbocycles. The number of hydrogen-bond donors (Lipinski definition) is 3. The molecule has 0 bridgehead atoms. The van der Waals surface area contributed by atoms with Crippen molar-refractivity contribution in [3.63, 3.8) is 0 Å². The number of ether oxygens (including phenoxy) is 1. The molecule has 8 heteroatoms. The smallest absolute Gasteiger partial charge is 0.175 e. The minimum Gasteiger partial charge on any atom is -0.364 e. The van der Waals surface area contributed by atoms with Crippen LogP contribution in [0.4, 0.5) is 0 Å². The Hall–Kier alpha value is -0.640. The fourth-order valence-corrected chi connectivity index (χ4v) is 5.17. The van der Waals surface area contributed by atoms with E-state index in [-0.39, 0.29) is 18.4 Å². The monoisotopic (exact) mass is 385 g/mol. The molecule has 1 aromatic rings. The number of rotatable bonds is 6. The van der Waals surface area contributed by atoms with Crippen molar-refractivity contribution in [2.45, 2.75) is 41.4 Å². The van der Waals surface area contributed by atoms with E-state index in [1.165, 1.54) is 24.9 Å². The van der Waals surface area contributed by atoms with Crippen LogP contribution in [-0.4, -0.2) is 58.3 Å². The van der Waals surface area contributed by atoms with Gasteiger partial charge < -0.3 is 4.74 Å². The molecular formula is C17H27N3O3S2. The van der Waals surface area contributed by atoms with Gasteiger partial charge in [-0.25, -0.2) is 8.42 Å². The quantitative estimate of drug-likeness (QED) is 0.677. The Morgan fingerprint density at radius 2 is 2.08 bits per heavy atom. The predicted octanol–water partition coefficient (Wildman–Crippen LogP) is 1.11. The molecule has 4 atom stereocenters. The summed E-state index contributed by atoms with van der Waals surface area (Å²) in [5.74, 6) is 1.26. The summed E-state index contributed by atoms with van der Waals surface area (Å²) in [7, 11) is -1.45. The predicted molar refractivity (Wildman–Crippen MR) is 101 cm³/mol. The standard InChI is InChI=1S/C17H27N3O3S2/c1-23-17-16(18-10-13-4-3-9-24-13)20-15(11-19-17)12-5-7-14(8-6-12)25(2,21)22/h5-8,13,15-20H,3-4,9-11H2,1-2H3. The third-order valence-electron chi connectivity index (χ3n) is 4.76. The van der Waals surface area contributed by atoms with E-state index in [0.29, 0.717) is 10.1 Å². The molecule has 3 N–H and O–H groups in total. The molecule has 0 spiro atoms. The van der Waals surface area contributed by atoms with Gasteiger partial charge in [-0.2, -0.15) is 11.8 Å². The molecule has 3 rings (SSSR count). The zero-order valence-electron chi connectivity index (χ0n) is 14.7. The van der Waals surface area contributed by atoms with E-state index in [9.17, 15) is 8.42 Å². The van der Waals surface area contributed by atoms with Crippen molar-refractivity contribution in [3.8, 4) is 0 Å². The number of methoxy groups -OCH3 is 1. The lowest BCUT2D eigenvalue weighted by Crippen LogP contribution is -2.64. The molecule has 140 valence electrons. The van der Waals surface area contributed by atoms with Gasteiger partial charge in [0.25, 0.3) is 0 Å². The Kier molecular flexibility index (Phi) is 6.40. The topological polar surface area (TPSA) is 79.5 Å². The number of thioether (sulfide) groups is 1. The van der Waals surface area contributed by atoms with Gasteiger partial charge in [0.1, 0.15) is 6.23 Å². The van der Waals surface area contributed by atoms with Crippen LogP contribution in [0.2, 0.25) is 0 Å². The lowest BCUT2D eigenvalue weighted by atomic mass is 10.0. The number of hydrogen-bond acceptors (Lipinski definition) is 7. The van der Waals surface area contributed by atoms with Crippen molar-refractivity contribution in [1.82, 2.24) is 16.0 Å². The third-order valence-corrected chi connectivity index (χ3v) is 7.29. The summed E-state index contributed by atoms with van der Waals surface area (Å²) in [4.78, 5) is 0.350. The largest absolute Gasteiger partial charge is 0.364 e. The van der Waals surface area contributed by atoms with Gasteiger partial charge in [-0.1, -0.05) is 12.1 Å². The molecule has 0 aromatic heterocycles. The third kappa shape index (κ3) is 4.96. The summed E-state index contributed by atoms with van der Waals surface area (Å²) in [5.41, 5.74) is 1.07. The first kappa shape index (κ1) is 19.1. The fraction of sp³-hybridized carbons (Fsp3) is 0.647. The maximum atomic E-state index is 11.6. The van der Waals surface area contributed by atoms with Gasteiger partial charge in [0.15, 0.2) is 9.84 Å². The minimum atomic E-state index is -3.16. The van der Waals surface area contributed by atoms with Crippen molar-refractivity contribution in [3.05, 3.63) is 29.8 Å². The Balaban J connectivity index is 1.64. The van der Waals surface area contributed by atoms with E-state index in [0.717, 1.165) is 18.7 Å². The van der Waals surface area contributed by atoms with E-state index in [1.807, 2.05) is 23.9 Å². The average Bonchev–Trinajstić information content (AvgIpc) is 3.12. The van der Waals surface area contributed by atoms with Crippen molar-refractivity contribution in [2.24, 2.45) is 0 Å². The SMILES string of the molecule is COC1NCC(c2ccc(S(C)(=O)=O)cc2)NC1NCC1CCCS1. The molecule has 4 unspecified atom stereocenters. The molecule has 2 aliphatic heterocycles. The van der Waals surface area contributed by atoms with Crippen LogP contribution in [-0.2, 0) is 14.6 Å². The number of piperazine rings is 1. The minimum absolute atomic E-state index is 0.0135. The number of nitrogens with one attached hydrogen (secondary N) is 3. The molecule has 2 saturated heterocycles. The van der Waals surface area contributed by atoms with E-state index >= 15 is 0 Å². The first-order valence-corrected chi connectivity index (χ1v) is 11.6. The highest BCUT2D eigenvalue weighted by Gasteiger charge is 2.31. The Bertz CT molecular complexity index is 660. The van der Waals surface area contributed by atoms with E-state index in [1.54, 1.807) is 19.2 Å². The molecule has 0 aliphatic carbocycles. The molecular weight excluding hydrogens is 358 g/mol. The first-order chi connectivity index (χ1) is 12.0. The molecule has 25 heavy (non-hydrogen) atoms. The van der Waals surface area contributed by atoms with Crippen LogP contribution >= 0.6 is 11.8 Å². The molecule has 6 nitrogen and oxygen atoms in total. The summed E-state index contributed by atoms with van der Waals surface area (Å²) in [6, 6.07) is 7.21. The first-order valence-electron chi connectivity index (χ1n) is 8.64. The maximum absolute atomic E-state index is 11.6. The van der Waals surface area contributed by atoms with Crippen LogP contribution in [0.1, 0.15) is 24.4 Å². The average molecular weight is 386 g/mol. The Morgan fingerprint density at radius 3 is 2.68 bits per heavy atom. The lowest BCUT2D eigenvalue weighted by molar-refractivity contribution is 0.00562. The van der Waals surface area contributed by atoms with Gasteiger partial charge in [0, 0.05) is 37.7 Å². The second-order valence-corrected chi connectivity index (χ2v) is 10.1. The van der Waals surface area contributed by atoms with Gasteiger partial charge in [-0.05, 0) is 36.3 Å². The molecule has 2 aliphatic rings. The Morgan fingerprint density at radius 1 is 1.32 bits per heavy atom. The highest BCUT2D eigenvalue weighted by Crippen LogP contribution is 2.26. The summed E-state index contributed by atoms with van der Waals surface area (Å²) >= 11 is 2.03. The fourth-order valence-electron chi connectivity index (χ4n) is 3.33. The summed E-state index contributed by atoms with van der Waals surface area (Å²) in [6.07, 6.45) is 3.73. The molecule has 1 aromatic carbocycles. The van der Waals surface area contributed by atoms with E-state index < -0.39 is 9.84 Å². The number of sulfone groups is 1. The van der Waals surface area contributed by atoms with Crippen LogP contribution in [0, 0.1) is 0 Å². The van der Waals surface area contributed by atoms with Gasteiger partial charge in [0.05, 0.1) is 11.1 Å². The second kappa shape index (κ2) is 8.37. The van der Waals surface area contributed by atoms with Crippen molar-refractivity contribution >= 4 is 21.6 Å². The van der Waals surface area contributed by atoms with E-state index in [4.69, 9.17) is 4.74 Å². The zero-order valence-corrected chi connectivity index (χ0v) is 16.3. The molecule has 2 heterocycles. The molecule has 0 amide bonds. The van der Waals surface area contributed by atoms with Gasteiger partial charge in [0.2, 0.25) is 0 Å². The van der Waals surface area contributed by atoms with Gasteiger partial charge >= 0.3 is 0 Å². The maximum Gasteiger partial charge on any atom is 0.175 e. The van der Waals surface area contributed by atoms with Crippen molar-refractivity contribution in [2.75, 3.05) is 32.2 Å². The zero-order chi connectivity index (χ0) is 17.9. The lowest BCUT2D eigenvalue weighted by Gasteiger charge is -2.38. The molecule has 0 radical (unpaired) electrons. The summed E-state index contributed by atoms with van der Waals surface area (Å²) in [5, 5.41) is 11.3. The normalized spacial score (nSPS) is 30.5. The van der Waals surface area contributed by atoms with Gasteiger partial charge in [-0.3, -0.25) is 16.0 Å². The second-order valence-electron chi connectivity index (χ2n) is 6.65. The summed E-state index contributed by atoms with van der Waals surface area (Å²) < 4.78 is 28.8. The number of benzene rings is 1. The van der Waals surface area contributed by atoms with Crippen molar-refractivity contribution in [1.29, 1.82) is 0 Å². The van der Waals surface area contributed by atoms with E-state index in [2.05, 4.69) is 16.0 Å².